The maximum absolute atomic E-state index is 10.8. The summed E-state index contributed by atoms with van der Waals surface area (Å²) in [5, 5.41) is 3.11. The van der Waals surface area contributed by atoms with Crippen LogP contribution in [0.3, 0.4) is 0 Å². The van der Waals surface area contributed by atoms with Gasteiger partial charge in [-0.15, -0.1) is 0 Å². The second-order valence-electron chi connectivity index (χ2n) is 2.60. The smallest absolute Gasteiger partial charge is 0.266 e. The van der Waals surface area contributed by atoms with Gasteiger partial charge in [0.15, 0.2) is 0 Å². The van der Waals surface area contributed by atoms with Crippen LogP contribution in [0.15, 0.2) is 11.0 Å². The van der Waals surface area contributed by atoms with Gasteiger partial charge in [0, 0.05) is 6.54 Å². The first-order valence-corrected chi connectivity index (χ1v) is 3.68. The largest absolute Gasteiger partial charge is 0.369 e. The fourth-order valence-electron chi connectivity index (χ4n) is 1.25. The van der Waals surface area contributed by atoms with Gasteiger partial charge in [-0.1, -0.05) is 0 Å². The summed E-state index contributed by atoms with van der Waals surface area (Å²) in [7, 11) is 0. The van der Waals surface area contributed by atoms with E-state index in [-0.39, 0.29) is 5.56 Å². The zero-order valence-electron chi connectivity index (χ0n) is 6.05. The van der Waals surface area contributed by atoms with Crippen LogP contribution in [-0.4, -0.2) is 16.5 Å². The van der Waals surface area contributed by atoms with Crippen LogP contribution in [0.5, 0.6) is 0 Å². The van der Waals surface area contributed by atoms with Crippen molar-refractivity contribution in [2.45, 2.75) is 12.8 Å². The van der Waals surface area contributed by atoms with E-state index in [4.69, 9.17) is 0 Å². The van der Waals surface area contributed by atoms with Gasteiger partial charge in [-0.25, -0.2) is 4.98 Å². The molecular weight excluding hydrogens is 142 g/mol. The van der Waals surface area contributed by atoms with Gasteiger partial charge in [-0.05, 0) is 12.8 Å². The third-order valence-corrected chi connectivity index (χ3v) is 1.77. The molecule has 1 aliphatic rings. The summed E-state index contributed by atoms with van der Waals surface area (Å²) in [6.45, 7) is 0.950. The van der Waals surface area contributed by atoms with Crippen molar-refractivity contribution in [3.63, 3.8) is 0 Å². The molecule has 0 atom stereocenters. The van der Waals surface area contributed by atoms with Crippen LogP contribution in [0, 0.1) is 0 Å². The van der Waals surface area contributed by atoms with Crippen molar-refractivity contribution in [1.82, 2.24) is 9.97 Å². The summed E-state index contributed by atoms with van der Waals surface area (Å²) >= 11 is 0. The molecule has 1 aromatic heterocycles. The van der Waals surface area contributed by atoms with E-state index in [2.05, 4.69) is 15.3 Å². The van der Waals surface area contributed by atoms with Crippen molar-refractivity contribution in [3.8, 4) is 0 Å². The lowest BCUT2D eigenvalue weighted by Gasteiger charge is -2.14. The van der Waals surface area contributed by atoms with Gasteiger partial charge in [0.25, 0.3) is 5.56 Å². The van der Waals surface area contributed by atoms with E-state index < -0.39 is 0 Å². The molecule has 0 radical (unpaired) electrons. The van der Waals surface area contributed by atoms with Gasteiger partial charge < -0.3 is 10.3 Å². The van der Waals surface area contributed by atoms with Crippen molar-refractivity contribution in [2.75, 3.05) is 11.9 Å². The van der Waals surface area contributed by atoms with E-state index >= 15 is 0 Å². The summed E-state index contributed by atoms with van der Waals surface area (Å²) in [6, 6.07) is 0. The Morgan fingerprint density at radius 2 is 2.45 bits per heavy atom. The van der Waals surface area contributed by atoms with Gasteiger partial charge in [-0.2, -0.15) is 0 Å². The summed E-state index contributed by atoms with van der Waals surface area (Å²) in [5.74, 6) is 0.829. The Bertz CT molecular complexity index is 318. The van der Waals surface area contributed by atoms with E-state index in [1.54, 1.807) is 0 Å². The topological polar surface area (TPSA) is 57.8 Å². The SMILES string of the molecule is O=c1cnc2c([nH]1)CCCN2. The van der Waals surface area contributed by atoms with E-state index in [9.17, 15) is 4.79 Å². The van der Waals surface area contributed by atoms with Crippen molar-refractivity contribution in [1.29, 1.82) is 0 Å². The lowest BCUT2D eigenvalue weighted by atomic mass is 10.2. The number of nitrogens with zero attached hydrogens (tertiary/aromatic N) is 1. The highest BCUT2D eigenvalue weighted by Gasteiger charge is 2.08. The predicted octanol–water partition coefficient (Wildman–Crippen LogP) is 0.128. The lowest BCUT2D eigenvalue weighted by molar-refractivity contribution is 0.781. The highest BCUT2D eigenvalue weighted by atomic mass is 16.1. The highest BCUT2D eigenvalue weighted by molar-refractivity contribution is 5.41. The third kappa shape index (κ3) is 1.11. The second-order valence-corrected chi connectivity index (χ2v) is 2.60. The fraction of sp³-hybridized carbons (Fsp3) is 0.429. The first-order chi connectivity index (χ1) is 5.36. The van der Waals surface area contributed by atoms with Crippen LogP contribution in [0.25, 0.3) is 0 Å². The quantitative estimate of drug-likeness (QED) is 0.554. The maximum atomic E-state index is 10.8. The molecule has 0 aromatic carbocycles. The van der Waals surface area contributed by atoms with Crippen LogP contribution in [0.2, 0.25) is 0 Å². The van der Waals surface area contributed by atoms with Crippen molar-refractivity contribution >= 4 is 5.82 Å². The van der Waals surface area contributed by atoms with E-state index in [1.165, 1.54) is 6.20 Å². The second kappa shape index (κ2) is 2.38. The maximum Gasteiger partial charge on any atom is 0.266 e. The Hall–Kier alpha value is -1.32. The van der Waals surface area contributed by atoms with Crippen molar-refractivity contribution in [3.05, 3.63) is 22.2 Å². The van der Waals surface area contributed by atoms with Gasteiger partial charge in [-0.3, -0.25) is 4.79 Å². The number of nitrogens with one attached hydrogen (secondary N) is 2. The fourth-order valence-corrected chi connectivity index (χ4v) is 1.25. The number of hydrogen-bond donors (Lipinski definition) is 2. The monoisotopic (exact) mass is 151 g/mol. The van der Waals surface area contributed by atoms with Crippen LogP contribution < -0.4 is 10.9 Å². The number of anilines is 1. The van der Waals surface area contributed by atoms with E-state index in [1.807, 2.05) is 0 Å². The molecule has 0 aliphatic carbocycles. The molecule has 4 heteroatoms. The van der Waals surface area contributed by atoms with Crippen LogP contribution in [-0.2, 0) is 6.42 Å². The number of aryl methyl sites for hydroxylation is 1. The normalized spacial score (nSPS) is 15.3. The van der Waals surface area contributed by atoms with Gasteiger partial charge >= 0.3 is 0 Å². The van der Waals surface area contributed by atoms with E-state index in [0.717, 1.165) is 30.9 Å². The van der Waals surface area contributed by atoms with E-state index in [0.29, 0.717) is 0 Å². The Labute approximate surface area is 63.7 Å². The number of hydrogen-bond acceptors (Lipinski definition) is 3. The number of fused-ring (bicyclic) bond motifs is 1. The summed E-state index contributed by atoms with van der Waals surface area (Å²) in [5.41, 5.74) is 0.816. The minimum absolute atomic E-state index is 0.118. The minimum Gasteiger partial charge on any atom is -0.369 e. The molecular formula is C7H9N3O. The minimum atomic E-state index is -0.118. The molecule has 0 saturated heterocycles. The van der Waals surface area contributed by atoms with Crippen LogP contribution in [0.4, 0.5) is 5.82 Å². The molecule has 1 aliphatic heterocycles. The Kier molecular flexibility index (Phi) is 1.38. The average Bonchev–Trinajstić information content (AvgIpc) is 2.04. The summed E-state index contributed by atoms with van der Waals surface area (Å²) < 4.78 is 0. The number of aromatic amines is 1. The van der Waals surface area contributed by atoms with Crippen LogP contribution in [0.1, 0.15) is 12.1 Å². The molecule has 1 aromatic rings. The predicted molar refractivity (Wildman–Crippen MR) is 41.7 cm³/mol. The molecule has 2 rings (SSSR count). The number of H-pyrrole nitrogens is 1. The van der Waals surface area contributed by atoms with Gasteiger partial charge in [0.1, 0.15) is 5.82 Å². The Balaban J connectivity index is 2.51. The van der Waals surface area contributed by atoms with Gasteiger partial charge in [0.2, 0.25) is 0 Å². The van der Waals surface area contributed by atoms with Crippen LogP contribution >= 0.6 is 0 Å². The standard InChI is InChI=1S/C7H9N3O/c11-6-4-9-7-5(10-6)2-1-3-8-7/h4H,1-3H2,(H,8,9)(H,10,11). The number of rotatable bonds is 0. The zero-order valence-corrected chi connectivity index (χ0v) is 6.05. The molecule has 4 nitrogen and oxygen atoms in total. The molecule has 0 amide bonds. The molecule has 2 heterocycles. The zero-order chi connectivity index (χ0) is 7.68. The highest BCUT2D eigenvalue weighted by Crippen LogP contribution is 2.13. The Morgan fingerprint density at radius 1 is 1.55 bits per heavy atom. The average molecular weight is 151 g/mol. The first kappa shape index (κ1) is 6.39. The molecule has 0 fully saturated rings. The molecule has 11 heavy (non-hydrogen) atoms. The Morgan fingerprint density at radius 3 is 3.36 bits per heavy atom. The first-order valence-electron chi connectivity index (χ1n) is 3.68. The molecule has 0 saturated carbocycles. The number of aromatic nitrogens is 2. The third-order valence-electron chi connectivity index (χ3n) is 1.77. The molecule has 0 spiro atoms. The van der Waals surface area contributed by atoms with Gasteiger partial charge in [0.05, 0.1) is 11.9 Å². The van der Waals surface area contributed by atoms with Crippen molar-refractivity contribution < 1.29 is 0 Å². The molecule has 0 unspecified atom stereocenters. The summed E-state index contributed by atoms with van der Waals surface area (Å²) in [4.78, 5) is 17.5. The molecule has 58 valence electrons. The van der Waals surface area contributed by atoms with Crippen molar-refractivity contribution in [2.24, 2.45) is 0 Å². The molecule has 2 N–H and O–H groups in total. The lowest BCUT2D eigenvalue weighted by Crippen LogP contribution is -2.19. The summed E-state index contributed by atoms with van der Waals surface area (Å²) in [6.07, 6.45) is 3.29. The molecule has 0 bridgehead atoms.